The Morgan fingerprint density at radius 3 is 2.71 bits per heavy atom. The minimum Gasteiger partial charge on any atom is -0.478 e. The van der Waals surface area contributed by atoms with Crippen LogP contribution < -0.4 is 4.90 Å². The summed E-state index contributed by atoms with van der Waals surface area (Å²) in [6.07, 6.45) is 1.13. The zero-order valence-corrected chi connectivity index (χ0v) is 12.3. The first-order valence-corrected chi connectivity index (χ1v) is 6.48. The third-order valence-corrected chi connectivity index (χ3v) is 2.74. The Kier molecular flexibility index (Phi) is 6.04. The fourth-order valence-corrected chi connectivity index (χ4v) is 1.87. The lowest BCUT2D eigenvalue weighted by Crippen LogP contribution is -2.32. The number of nitrogens with zero attached hydrogens (tertiary/aromatic N) is 3. The Hall–Kier alpha value is -2.22. The van der Waals surface area contributed by atoms with E-state index in [1.54, 1.807) is 12.0 Å². The fourth-order valence-electron chi connectivity index (χ4n) is 1.87. The van der Waals surface area contributed by atoms with Gasteiger partial charge < -0.3 is 14.7 Å². The number of aromatic carboxylic acids is 1. The molecule has 1 heterocycles. The third-order valence-electron chi connectivity index (χ3n) is 2.74. The second-order valence-corrected chi connectivity index (χ2v) is 4.96. The van der Waals surface area contributed by atoms with Gasteiger partial charge in [-0.1, -0.05) is 13.8 Å². The average molecular weight is 297 g/mol. The molecule has 0 spiro atoms. The lowest BCUT2D eigenvalue weighted by Gasteiger charge is -2.25. The Labute approximate surface area is 122 Å². The SMILES string of the molecule is COCCN(CC(C)C)c1ncc(C(=O)O)cc1[N+](=O)[O-]. The van der Waals surface area contributed by atoms with Crippen LogP contribution in [0.2, 0.25) is 0 Å². The van der Waals surface area contributed by atoms with Crippen molar-refractivity contribution in [2.75, 3.05) is 31.7 Å². The summed E-state index contributed by atoms with van der Waals surface area (Å²) in [5.74, 6) is -0.817. The first-order valence-electron chi connectivity index (χ1n) is 6.48. The second kappa shape index (κ2) is 7.53. The molecule has 0 saturated heterocycles. The lowest BCUT2D eigenvalue weighted by molar-refractivity contribution is -0.384. The number of carboxylic acids is 1. The normalized spacial score (nSPS) is 10.7. The van der Waals surface area contributed by atoms with Gasteiger partial charge in [0.05, 0.1) is 17.1 Å². The van der Waals surface area contributed by atoms with E-state index in [0.29, 0.717) is 19.7 Å². The molecule has 0 aliphatic carbocycles. The molecular weight excluding hydrogens is 278 g/mol. The molecule has 1 rings (SSSR count). The van der Waals surface area contributed by atoms with E-state index in [0.717, 1.165) is 12.3 Å². The van der Waals surface area contributed by atoms with E-state index < -0.39 is 10.9 Å². The molecule has 0 aliphatic heterocycles. The molecule has 0 saturated carbocycles. The van der Waals surface area contributed by atoms with Crippen molar-refractivity contribution in [3.8, 4) is 0 Å². The monoisotopic (exact) mass is 297 g/mol. The lowest BCUT2D eigenvalue weighted by atomic mass is 10.2. The molecule has 8 heteroatoms. The van der Waals surface area contributed by atoms with Gasteiger partial charge in [0.15, 0.2) is 0 Å². The van der Waals surface area contributed by atoms with Gasteiger partial charge in [-0.15, -0.1) is 0 Å². The highest BCUT2D eigenvalue weighted by Crippen LogP contribution is 2.27. The number of methoxy groups -OCH3 is 1. The summed E-state index contributed by atoms with van der Waals surface area (Å²) in [5.41, 5.74) is -0.520. The predicted molar refractivity (Wildman–Crippen MR) is 76.8 cm³/mol. The van der Waals surface area contributed by atoms with E-state index >= 15 is 0 Å². The molecule has 0 aliphatic rings. The zero-order chi connectivity index (χ0) is 16.0. The summed E-state index contributed by atoms with van der Waals surface area (Å²) in [6.45, 7) is 5.36. The molecular formula is C13H19N3O5. The summed E-state index contributed by atoms with van der Waals surface area (Å²) in [4.78, 5) is 27.2. The molecule has 0 aromatic carbocycles. The number of anilines is 1. The number of carbonyl (C=O) groups is 1. The van der Waals surface area contributed by atoms with Crippen molar-refractivity contribution in [1.29, 1.82) is 0 Å². The van der Waals surface area contributed by atoms with Crippen molar-refractivity contribution in [3.63, 3.8) is 0 Å². The van der Waals surface area contributed by atoms with Crippen molar-refractivity contribution in [1.82, 2.24) is 4.98 Å². The minimum atomic E-state index is -1.25. The molecule has 0 fully saturated rings. The highest BCUT2D eigenvalue weighted by atomic mass is 16.6. The Bertz CT molecular complexity index is 519. The molecule has 0 amide bonds. The summed E-state index contributed by atoms with van der Waals surface area (Å²) in [7, 11) is 1.54. The minimum absolute atomic E-state index is 0.163. The fraction of sp³-hybridized carbons (Fsp3) is 0.538. The van der Waals surface area contributed by atoms with E-state index in [1.807, 2.05) is 13.8 Å². The summed E-state index contributed by atoms with van der Waals surface area (Å²) in [6, 6.07) is 1.03. The largest absolute Gasteiger partial charge is 0.478 e. The molecule has 0 bridgehead atoms. The van der Waals surface area contributed by atoms with Crippen LogP contribution in [-0.4, -0.2) is 47.8 Å². The molecule has 1 N–H and O–H groups in total. The van der Waals surface area contributed by atoms with Crippen LogP contribution >= 0.6 is 0 Å². The van der Waals surface area contributed by atoms with E-state index in [1.165, 1.54) is 0 Å². The topological polar surface area (TPSA) is 106 Å². The third kappa shape index (κ3) is 4.67. The van der Waals surface area contributed by atoms with Crippen LogP contribution in [-0.2, 0) is 4.74 Å². The maximum absolute atomic E-state index is 11.2. The van der Waals surface area contributed by atoms with Gasteiger partial charge in [-0.25, -0.2) is 9.78 Å². The Balaban J connectivity index is 3.21. The van der Waals surface area contributed by atoms with Crippen LogP contribution in [0.5, 0.6) is 0 Å². The van der Waals surface area contributed by atoms with Crippen molar-refractivity contribution in [2.45, 2.75) is 13.8 Å². The number of aromatic nitrogens is 1. The van der Waals surface area contributed by atoms with Crippen molar-refractivity contribution >= 4 is 17.5 Å². The van der Waals surface area contributed by atoms with Gasteiger partial charge in [0.1, 0.15) is 0 Å². The second-order valence-electron chi connectivity index (χ2n) is 4.96. The van der Waals surface area contributed by atoms with Gasteiger partial charge in [0, 0.05) is 32.5 Å². The van der Waals surface area contributed by atoms with Gasteiger partial charge >= 0.3 is 11.7 Å². The molecule has 8 nitrogen and oxygen atoms in total. The number of hydrogen-bond acceptors (Lipinski definition) is 6. The number of hydrogen-bond donors (Lipinski definition) is 1. The average Bonchev–Trinajstić information content (AvgIpc) is 2.42. The van der Waals surface area contributed by atoms with Gasteiger partial charge in [0.25, 0.3) is 0 Å². The first-order chi connectivity index (χ1) is 9.86. The van der Waals surface area contributed by atoms with E-state index in [-0.39, 0.29) is 23.0 Å². The van der Waals surface area contributed by atoms with Crippen LogP contribution in [0.4, 0.5) is 11.5 Å². The summed E-state index contributed by atoms with van der Waals surface area (Å²) in [5, 5.41) is 20.1. The van der Waals surface area contributed by atoms with Gasteiger partial charge in [-0.3, -0.25) is 10.1 Å². The zero-order valence-electron chi connectivity index (χ0n) is 12.3. The standard InChI is InChI=1S/C13H19N3O5/c1-9(2)8-15(4-5-21-3)12-11(16(19)20)6-10(7-14-12)13(17)18/h6-7,9H,4-5,8H2,1-3H3,(H,17,18). The van der Waals surface area contributed by atoms with Crippen molar-refractivity contribution in [3.05, 3.63) is 27.9 Å². The Morgan fingerprint density at radius 1 is 1.57 bits per heavy atom. The maximum atomic E-state index is 11.2. The Morgan fingerprint density at radius 2 is 2.24 bits per heavy atom. The number of ether oxygens (including phenoxy) is 1. The first kappa shape index (κ1) is 16.8. The highest BCUT2D eigenvalue weighted by Gasteiger charge is 2.24. The predicted octanol–water partition coefficient (Wildman–Crippen LogP) is 1.80. The van der Waals surface area contributed by atoms with Crippen LogP contribution in [0.1, 0.15) is 24.2 Å². The summed E-state index contributed by atoms with van der Waals surface area (Å²) < 4.78 is 5.00. The molecule has 0 unspecified atom stereocenters. The van der Waals surface area contributed by atoms with Gasteiger partial charge in [-0.2, -0.15) is 0 Å². The highest BCUT2D eigenvalue weighted by molar-refractivity contribution is 5.88. The maximum Gasteiger partial charge on any atom is 0.337 e. The quantitative estimate of drug-likeness (QED) is 0.576. The van der Waals surface area contributed by atoms with Crippen LogP contribution in [0.25, 0.3) is 0 Å². The number of nitro groups is 1. The van der Waals surface area contributed by atoms with Crippen molar-refractivity contribution < 1.29 is 19.6 Å². The molecule has 1 aromatic heterocycles. The van der Waals surface area contributed by atoms with Crippen molar-refractivity contribution in [2.24, 2.45) is 5.92 Å². The molecule has 1 aromatic rings. The van der Waals surface area contributed by atoms with E-state index in [2.05, 4.69) is 4.98 Å². The molecule has 21 heavy (non-hydrogen) atoms. The number of pyridine rings is 1. The van der Waals surface area contributed by atoms with E-state index in [9.17, 15) is 14.9 Å². The smallest absolute Gasteiger partial charge is 0.337 e. The van der Waals surface area contributed by atoms with Crippen LogP contribution in [0.15, 0.2) is 12.3 Å². The van der Waals surface area contributed by atoms with Gasteiger partial charge in [0.2, 0.25) is 5.82 Å². The van der Waals surface area contributed by atoms with E-state index in [4.69, 9.17) is 9.84 Å². The van der Waals surface area contributed by atoms with Gasteiger partial charge in [-0.05, 0) is 5.92 Å². The molecule has 116 valence electrons. The number of rotatable bonds is 8. The van der Waals surface area contributed by atoms with Crippen LogP contribution in [0, 0.1) is 16.0 Å². The molecule has 0 atom stereocenters. The molecule has 0 radical (unpaired) electrons. The van der Waals surface area contributed by atoms with Crippen LogP contribution in [0.3, 0.4) is 0 Å². The number of carboxylic acid groups (broad SMARTS) is 1. The summed E-state index contributed by atoms with van der Waals surface area (Å²) >= 11 is 0.